The normalized spacial score (nSPS) is 14.0. The molecule has 0 aromatic carbocycles. The number of carbonyl (C=O) groups is 1. The van der Waals surface area contributed by atoms with Crippen molar-refractivity contribution in [3.05, 3.63) is 24.0 Å². The minimum absolute atomic E-state index is 0.0937. The standard InChI is InChI=1S/C15H23N3O.2C2H6/c1-12-8-9-14(10-16-12)18(2)15(19)11-17-13-6-4-3-5-7-13;2*1-2/h8-10,13,17H,3-7,11H2,1-2H3;2*1-2H3. The largest absolute Gasteiger partial charge is 0.313 e. The first kappa shape index (κ1) is 21.6. The number of aryl methyl sites for hydroxylation is 1. The van der Waals surface area contributed by atoms with Crippen molar-refractivity contribution in [2.75, 3.05) is 18.5 Å². The van der Waals surface area contributed by atoms with Crippen molar-refractivity contribution in [2.24, 2.45) is 0 Å². The molecule has 1 heterocycles. The van der Waals surface area contributed by atoms with E-state index in [1.54, 1.807) is 18.1 Å². The van der Waals surface area contributed by atoms with Crippen LogP contribution in [0.2, 0.25) is 0 Å². The average molecular weight is 322 g/mol. The van der Waals surface area contributed by atoms with Crippen molar-refractivity contribution < 1.29 is 4.79 Å². The predicted molar refractivity (Wildman–Crippen MR) is 100.0 cm³/mol. The molecule has 0 bridgehead atoms. The third-order valence-electron chi connectivity index (χ3n) is 3.80. The molecule has 1 fully saturated rings. The first-order valence-corrected chi connectivity index (χ1v) is 9.09. The number of carbonyl (C=O) groups excluding carboxylic acids is 1. The highest BCUT2D eigenvalue weighted by Crippen LogP contribution is 2.17. The van der Waals surface area contributed by atoms with Gasteiger partial charge in [0.1, 0.15) is 0 Å². The van der Waals surface area contributed by atoms with Crippen molar-refractivity contribution in [1.82, 2.24) is 10.3 Å². The molecule has 0 unspecified atom stereocenters. The number of anilines is 1. The summed E-state index contributed by atoms with van der Waals surface area (Å²) >= 11 is 0. The molecule has 1 aliphatic carbocycles. The number of aromatic nitrogens is 1. The van der Waals surface area contributed by atoms with Crippen LogP contribution in [0.25, 0.3) is 0 Å². The number of nitrogens with one attached hydrogen (secondary N) is 1. The van der Waals surface area contributed by atoms with Crippen molar-refractivity contribution >= 4 is 11.6 Å². The van der Waals surface area contributed by atoms with Crippen molar-refractivity contribution in [3.8, 4) is 0 Å². The van der Waals surface area contributed by atoms with Gasteiger partial charge in [-0.1, -0.05) is 47.0 Å². The maximum Gasteiger partial charge on any atom is 0.240 e. The Morgan fingerprint density at radius 2 is 1.78 bits per heavy atom. The molecule has 0 saturated heterocycles. The third kappa shape index (κ3) is 8.12. The Morgan fingerprint density at radius 3 is 2.30 bits per heavy atom. The van der Waals surface area contributed by atoms with E-state index < -0.39 is 0 Å². The van der Waals surface area contributed by atoms with E-state index in [1.165, 1.54) is 32.1 Å². The SMILES string of the molecule is CC.CC.Cc1ccc(N(C)C(=O)CNC2CCCCC2)cn1. The molecule has 0 atom stereocenters. The van der Waals surface area contributed by atoms with Crippen LogP contribution >= 0.6 is 0 Å². The zero-order valence-electron chi connectivity index (χ0n) is 15.9. The molecular weight excluding hydrogens is 286 g/mol. The molecule has 1 aliphatic rings. The predicted octanol–water partition coefficient (Wildman–Crippen LogP) is 4.33. The number of pyridine rings is 1. The van der Waals surface area contributed by atoms with Gasteiger partial charge in [-0.2, -0.15) is 0 Å². The van der Waals surface area contributed by atoms with Crippen LogP contribution in [-0.4, -0.2) is 30.5 Å². The summed E-state index contributed by atoms with van der Waals surface area (Å²) in [5.41, 5.74) is 1.81. The summed E-state index contributed by atoms with van der Waals surface area (Å²) in [5, 5.41) is 3.37. The van der Waals surface area contributed by atoms with E-state index in [0.717, 1.165) is 11.4 Å². The van der Waals surface area contributed by atoms with Gasteiger partial charge in [0, 0.05) is 18.8 Å². The average Bonchev–Trinajstić information content (AvgIpc) is 2.64. The van der Waals surface area contributed by atoms with E-state index in [-0.39, 0.29) is 5.91 Å². The van der Waals surface area contributed by atoms with Crippen LogP contribution in [0.15, 0.2) is 18.3 Å². The van der Waals surface area contributed by atoms with E-state index in [1.807, 2.05) is 46.8 Å². The highest BCUT2D eigenvalue weighted by Gasteiger charge is 2.16. The van der Waals surface area contributed by atoms with Crippen LogP contribution in [0.4, 0.5) is 5.69 Å². The summed E-state index contributed by atoms with van der Waals surface area (Å²) in [4.78, 5) is 18.0. The summed E-state index contributed by atoms with van der Waals surface area (Å²) in [6, 6.07) is 4.37. The summed E-state index contributed by atoms with van der Waals surface area (Å²) in [7, 11) is 1.80. The van der Waals surface area contributed by atoms with Crippen LogP contribution in [0.5, 0.6) is 0 Å². The molecule has 132 valence electrons. The first-order valence-electron chi connectivity index (χ1n) is 9.09. The van der Waals surface area contributed by atoms with Crippen LogP contribution in [0, 0.1) is 6.92 Å². The van der Waals surface area contributed by atoms with E-state index in [0.29, 0.717) is 12.6 Å². The second kappa shape index (κ2) is 13.1. The van der Waals surface area contributed by atoms with Gasteiger partial charge in [0.15, 0.2) is 0 Å². The zero-order chi connectivity index (χ0) is 17.7. The Kier molecular flexibility index (Phi) is 12.3. The van der Waals surface area contributed by atoms with Gasteiger partial charge in [-0.05, 0) is 31.9 Å². The van der Waals surface area contributed by atoms with Gasteiger partial charge in [-0.25, -0.2) is 0 Å². The zero-order valence-corrected chi connectivity index (χ0v) is 15.9. The molecule has 4 nitrogen and oxygen atoms in total. The summed E-state index contributed by atoms with van der Waals surface area (Å²) < 4.78 is 0. The highest BCUT2D eigenvalue weighted by molar-refractivity contribution is 5.94. The van der Waals surface area contributed by atoms with Gasteiger partial charge in [0.25, 0.3) is 0 Å². The van der Waals surface area contributed by atoms with Gasteiger partial charge in [0.05, 0.1) is 18.4 Å². The smallest absolute Gasteiger partial charge is 0.240 e. The van der Waals surface area contributed by atoms with Crippen molar-refractivity contribution in [2.45, 2.75) is 72.8 Å². The lowest BCUT2D eigenvalue weighted by molar-refractivity contribution is -0.117. The second-order valence-corrected chi connectivity index (χ2v) is 5.33. The fourth-order valence-electron chi connectivity index (χ4n) is 2.46. The van der Waals surface area contributed by atoms with E-state index in [9.17, 15) is 4.79 Å². The first-order chi connectivity index (χ1) is 11.2. The van der Waals surface area contributed by atoms with Gasteiger partial charge < -0.3 is 10.2 Å². The maximum absolute atomic E-state index is 12.1. The molecule has 0 spiro atoms. The molecule has 23 heavy (non-hydrogen) atoms. The fourth-order valence-corrected chi connectivity index (χ4v) is 2.46. The maximum atomic E-state index is 12.1. The van der Waals surface area contributed by atoms with E-state index in [2.05, 4.69) is 10.3 Å². The molecule has 1 aromatic heterocycles. The molecule has 2 rings (SSSR count). The third-order valence-corrected chi connectivity index (χ3v) is 3.80. The molecule has 4 heteroatoms. The lowest BCUT2D eigenvalue weighted by atomic mass is 9.95. The Bertz CT molecular complexity index is 411. The Balaban J connectivity index is 0.00000112. The second-order valence-electron chi connectivity index (χ2n) is 5.33. The number of amides is 1. The minimum atomic E-state index is 0.0937. The number of rotatable bonds is 4. The van der Waals surface area contributed by atoms with E-state index >= 15 is 0 Å². The van der Waals surface area contributed by atoms with Crippen LogP contribution in [-0.2, 0) is 4.79 Å². The summed E-state index contributed by atoms with van der Waals surface area (Å²) in [6.45, 7) is 10.4. The molecule has 1 N–H and O–H groups in total. The van der Waals surface area contributed by atoms with Gasteiger partial charge in [-0.3, -0.25) is 9.78 Å². The Morgan fingerprint density at radius 1 is 1.17 bits per heavy atom. The van der Waals surface area contributed by atoms with Crippen LogP contribution in [0.1, 0.15) is 65.5 Å². The lowest BCUT2D eigenvalue weighted by Gasteiger charge is -2.24. The van der Waals surface area contributed by atoms with Crippen molar-refractivity contribution in [3.63, 3.8) is 0 Å². The van der Waals surface area contributed by atoms with Gasteiger partial charge in [0.2, 0.25) is 5.91 Å². The van der Waals surface area contributed by atoms with Gasteiger partial charge >= 0.3 is 0 Å². The van der Waals surface area contributed by atoms with Crippen molar-refractivity contribution in [1.29, 1.82) is 0 Å². The molecule has 1 aromatic rings. The quantitative estimate of drug-likeness (QED) is 0.898. The Hall–Kier alpha value is -1.42. The molecule has 0 radical (unpaired) electrons. The van der Waals surface area contributed by atoms with Crippen LogP contribution < -0.4 is 10.2 Å². The van der Waals surface area contributed by atoms with E-state index in [4.69, 9.17) is 0 Å². The molecular formula is C19H35N3O. The monoisotopic (exact) mass is 321 g/mol. The van der Waals surface area contributed by atoms with Crippen LogP contribution in [0.3, 0.4) is 0 Å². The summed E-state index contributed by atoms with van der Waals surface area (Å²) in [5.74, 6) is 0.0937. The molecule has 1 amide bonds. The molecule has 1 saturated carbocycles. The van der Waals surface area contributed by atoms with Gasteiger partial charge in [-0.15, -0.1) is 0 Å². The fraction of sp³-hybridized carbons (Fsp3) is 0.684. The number of nitrogens with zero attached hydrogens (tertiary/aromatic N) is 2. The number of likely N-dealkylation sites (N-methyl/N-ethyl adjacent to an activating group) is 1. The summed E-state index contributed by atoms with van der Waals surface area (Å²) in [6.07, 6.45) is 8.04. The number of hydrogen-bond acceptors (Lipinski definition) is 3. The topological polar surface area (TPSA) is 45.2 Å². The molecule has 0 aliphatic heterocycles. The minimum Gasteiger partial charge on any atom is -0.313 e. The Labute approximate surface area is 142 Å². The number of hydrogen-bond donors (Lipinski definition) is 1. The highest BCUT2D eigenvalue weighted by atomic mass is 16.2. The lowest BCUT2D eigenvalue weighted by Crippen LogP contribution is -2.40.